The van der Waals surface area contributed by atoms with E-state index >= 15 is 0 Å². The Labute approximate surface area is 164 Å². The molecule has 1 aliphatic rings. The molecule has 2 aromatic heterocycles. The van der Waals surface area contributed by atoms with Crippen LogP contribution in [0.4, 0.5) is 0 Å². The highest BCUT2D eigenvalue weighted by atomic mass is 16.6. The number of carbonyl (C=O) groups is 2. The molecule has 1 aliphatic heterocycles. The van der Waals surface area contributed by atoms with Gasteiger partial charge in [-0.1, -0.05) is 11.2 Å². The number of hydrogen-bond acceptors (Lipinski definition) is 6. The van der Waals surface area contributed by atoms with Gasteiger partial charge in [0.25, 0.3) is 5.91 Å². The Hall–Kier alpha value is -2.77. The zero-order chi connectivity index (χ0) is 19.9. The van der Waals surface area contributed by atoms with E-state index in [1.807, 2.05) is 25.2 Å². The molecule has 2 amide bonds. The maximum absolute atomic E-state index is 12.6. The molecule has 8 heteroatoms. The van der Waals surface area contributed by atoms with E-state index in [1.165, 1.54) is 0 Å². The van der Waals surface area contributed by atoms with Gasteiger partial charge in [-0.15, -0.1) is 0 Å². The van der Waals surface area contributed by atoms with E-state index in [2.05, 4.69) is 19.9 Å². The van der Waals surface area contributed by atoms with Crippen LogP contribution in [0.15, 0.2) is 29.0 Å². The van der Waals surface area contributed by atoms with E-state index in [0.717, 1.165) is 31.4 Å². The normalized spacial score (nSPS) is 16.8. The quantitative estimate of drug-likeness (QED) is 0.725. The number of rotatable bonds is 7. The molecule has 2 aromatic rings. The lowest BCUT2D eigenvalue weighted by atomic mass is 9.93. The molecule has 3 heterocycles. The second-order valence-electron chi connectivity index (χ2n) is 7.38. The molecule has 0 aliphatic carbocycles. The fraction of sp³-hybridized carbons (Fsp3) is 0.550. The minimum Gasteiger partial charge on any atom is -0.345 e. The summed E-state index contributed by atoms with van der Waals surface area (Å²) in [6.07, 6.45) is 5.77. The van der Waals surface area contributed by atoms with Gasteiger partial charge in [-0.25, -0.2) is 4.63 Å². The number of aromatic nitrogens is 3. The Balaban J connectivity index is 1.44. The highest BCUT2D eigenvalue weighted by Crippen LogP contribution is 2.23. The van der Waals surface area contributed by atoms with Crippen molar-refractivity contribution in [2.75, 3.05) is 26.7 Å². The van der Waals surface area contributed by atoms with Crippen molar-refractivity contribution < 1.29 is 14.2 Å². The van der Waals surface area contributed by atoms with Crippen molar-refractivity contribution in [2.45, 2.75) is 39.0 Å². The zero-order valence-corrected chi connectivity index (χ0v) is 16.5. The second kappa shape index (κ2) is 9.43. The van der Waals surface area contributed by atoms with Crippen LogP contribution in [-0.2, 0) is 11.2 Å². The molecular formula is C20H27N5O3. The Morgan fingerprint density at radius 1 is 1.32 bits per heavy atom. The molecular weight excluding hydrogens is 358 g/mol. The molecule has 8 nitrogen and oxygen atoms in total. The molecule has 0 N–H and O–H groups in total. The molecule has 0 radical (unpaired) electrons. The maximum atomic E-state index is 12.6. The third-order valence-corrected chi connectivity index (χ3v) is 5.28. The van der Waals surface area contributed by atoms with Crippen molar-refractivity contribution in [3.05, 3.63) is 41.5 Å². The van der Waals surface area contributed by atoms with Crippen LogP contribution in [0, 0.1) is 12.8 Å². The van der Waals surface area contributed by atoms with E-state index in [-0.39, 0.29) is 17.5 Å². The molecule has 28 heavy (non-hydrogen) atoms. The number of carbonyl (C=O) groups excluding carboxylic acids is 2. The van der Waals surface area contributed by atoms with Gasteiger partial charge in [0.2, 0.25) is 5.91 Å². The van der Waals surface area contributed by atoms with Crippen molar-refractivity contribution in [3.8, 4) is 0 Å². The van der Waals surface area contributed by atoms with Gasteiger partial charge in [0, 0.05) is 51.4 Å². The van der Waals surface area contributed by atoms with Crippen LogP contribution in [0.25, 0.3) is 0 Å². The van der Waals surface area contributed by atoms with Crippen LogP contribution in [-0.4, -0.2) is 63.6 Å². The summed E-state index contributed by atoms with van der Waals surface area (Å²) in [6, 6.07) is 5.81. The summed E-state index contributed by atoms with van der Waals surface area (Å²) in [5.74, 6) is 0.323. The van der Waals surface area contributed by atoms with Crippen LogP contribution >= 0.6 is 0 Å². The van der Waals surface area contributed by atoms with Gasteiger partial charge in [-0.05, 0) is 49.4 Å². The van der Waals surface area contributed by atoms with Crippen molar-refractivity contribution >= 4 is 11.8 Å². The predicted molar refractivity (Wildman–Crippen MR) is 102 cm³/mol. The van der Waals surface area contributed by atoms with E-state index in [4.69, 9.17) is 0 Å². The van der Waals surface area contributed by atoms with Crippen molar-refractivity contribution in [1.29, 1.82) is 0 Å². The third-order valence-electron chi connectivity index (χ3n) is 5.28. The monoisotopic (exact) mass is 385 g/mol. The number of likely N-dealkylation sites (N-methyl/N-ethyl adjacent to an activating group) is 1. The number of likely N-dealkylation sites (tertiary alicyclic amines) is 1. The van der Waals surface area contributed by atoms with Gasteiger partial charge in [-0.2, -0.15) is 0 Å². The highest BCUT2D eigenvalue weighted by Gasteiger charge is 2.28. The van der Waals surface area contributed by atoms with Gasteiger partial charge < -0.3 is 9.80 Å². The fourth-order valence-electron chi connectivity index (χ4n) is 3.53. The SMILES string of the molecule is Cc1nonc1C(=O)N1CCC[C@@H](CCC(=O)N(C)CCc2ccccn2)C1. The minimum absolute atomic E-state index is 0.135. The molecule has 3 rings (SSSR count). The van der Waals surface area contributed by atoms with E-state index in [9.17, 15) is 9.59 Å². The lowest BCUT2D eigenvalue weighted by Crippen LogP contribution is -2.40. The number of nitrogens with zero attached hydrogens (tertiary/aromatic N) is 5. The summed E-state index contributed by atoms with van der Waals surface area (Å²) >= 11 is 0. The maximum Gasteiger partial charge on any atom is 0.278 e. The van der Waals surface area contributed by atoms with Gasteiger partial charge in [0.1, 0.15) is 5.69 Å². The lowest BCUT2D eigenvalue weighted by molar-refractivity contribution is -0.130. The first-order valence-corrected chi connectivity index (χ1v) is 9.77. The molecule has 0 aromatic carbocycles. The molecule has 1 atom stereocenters. The van der Waals surface area contributed by atoms with Crippen LogP contribution < -0.4 is 0 Å². The van der Waals surface area contributed by atoms with Crippen LogP contribution in [0.2, 0.25) is 0 Å². The van der Waals surface area contributed by atoms with Crippen LogP contribution in [0.1, 0.15) is 47.6 Å². The highest BCUT2D eigenvalue weighted by molar-refractivity contribution is 5.93. The number of hydrogen-bond donors (Lipinski definition) is 0. The number of pyridine rings is 1. The summed E-state index contributed by atoms with van der Waals surface area (Å²) in [6.45, 7) is 3.73. The van der Waals surface area contributed by atoms with Crippen molar-refractivity contribution in [1.82, 2.24) is 25.1 Å². The van der Waals surface area contributed by atoms with E-state index in [1.54, 1.807) is 22.9 Å². The topological polar surface area (TPSA) is 92.4 Å². The summed E-state index contributed by atoms with van der Waals surface area (Å²) in [5, 5.41) is 7.40. The molecule has 1 fully saturated rings. The Kier molecular flexibility index (Phi) is 6.73. The molecule has 0 saturated carbocycles. The first kappa shape index (κ1) is 20.0. The number of amides is 2. The lowest BCUT2D eigenvalue weighted by Gasteiger charge is -2.32. The second-order valence-corrected chi connectivity index (χ2v) is 7.38. The van der Waals surface area contributed by atoms with Gasteiger partial charge in [0.05, 0.1) is 0 Å². The van der Waals surface area contributed by atoms with Crippen LogP contribution in [0.3, 0.4) is 0 Å². The first-order valence-electron chi connectivity index (χ1n) is 9.77. The number of aryl methyl sites for hydroxylation is 1. The average Bonchev–Trinajstić information content (AvgIpc) is 3.16. The smallest absolute Gasteiger partial charge is 0.278 e. The first-order chi connectivity index (χ1) is 13.5. The Bertz CT molecular complexity index is 792. The summed E-state index contributed by atoms with van der Waals surface area (Å²) in [4.78, 5) is 32.9. The Morgan fingerprint density at radius 2 is 2.18 bits per heavy atom. The van der Waals surface area contributed by atoms with Crippen molar-refractivity contribution in [2.24, 2.45) is 5.92 Å². The molecule has 0 unspecified atom stereocenters. The van der Waals surface area contributed by atoms with E-state index in [0.29, 0.717) is 37.7 Å². The van der Waals surface area contributed by atoms with Gasteiger partial charge in [0.15, 0.2) is 5.69 Å². The number of piperidine rings is 1. The largest absolute Gasteiger partial charge is 0.345 e. The zero-order valence-electron chi connectivity index (χ0n) is 16.5. The summed E-state index contributed by atoms with van der Waals surface area (Å²) in [7, 11) is 1.84. The third kappa shape index (κ3) is 5.15. The van der Waals surface area contributed by atoms with Gasteiger partial charge >= 0.3 is 0 Å². The van der Waals surface area contributed by atoms with E-state index < -0.39 is 0 Å². The average molecular weight is 385 g/mol. The fourth-order valence-corrected chi connectivity index (χ4v) is 3.53. The summed E-state index contributed by atoms with van der Waals surface area (Å²) < 4.78 is 4.64. The molecule has 0 bridgehead atoms. The minimum atomic E-state index is -0.137. The van der Waals surface area contributed by atoms with Gasteiger partial charge in [-0.3, -0.25) is 14.6 Å². The molecule has 1 saturated heterocycles. The predicted octanol–water partition coefficient (Wildman–Crippen LogP) is 2.11. The Morgan fingerprint density at radius 3 is 2.89 bits per heavy atom. The molecule has 0 spiro atoms. The van der Waals surface area contributed by atoms with Crippen molar-refractivity contribution in [3.63, 3.8) is 0 Å². The standard InChI is InChI=1S/C20H27N5O3/c1-15-19(23-28-22-15)20(27)25-12-5-6-16(14-25)8-9-18(26)24(2)13-10-17-7-3-4-11-21-17/h3-4,7,11,16H,5-6,8-10,12-14H2,1-2H3/t16-/m0/s1. The van der Waals surface area contributed by atoms with Crippen LogP contribution in [0.5, 0.6) is 0 Å². The molecule has 150 valence electrons. The summed E-state index contributed by atoms with van der Waals surface area (Å²) in [5.41, 5.74) is 1.78.